The molecule has 3 N–H and O–H groups in total. The van der Waals surface area contributed by atoms with Crippen LogP contribution in [0.2, 0.25) is 0 Å². The van der Waals surface area contributed by atoms with Crippen molar-refractivity contribution in [3.8, 4) is 17.6 Å². The number of allylic oxidation sites excluding steroid dienone is 1. The summed E-state index contributed by atoms with van der Waals surface area (Å²) in [5.74, 6) is 0.586. The second-order valence-corrected chi connectivity index (χ2v) is 7.63. The van der Waals surface area contributed by atoms with Gasteiger partial charge in [0.1, 0.15) is 6.07 Å². The number of hydrogen-bond acceptors (Lipinski definition) is 5. The van der Waals surface area contributed by atoms with Gasteiger partial charge in [-0.1, -0.05) is 18.2 Å². The van der Waals surface area contributed by atoms with Crippen molar-refractivity contribution >= 4 is 44.9 Å². The molecular formula is C21H19BrN4O3S. The number of carbonyl (C=O) groups is 1. The quantitative estimate of drug-likeness (QED) is 0.534. The first-order chi connectivity index (χ1) is 14.4. The van der Waals surface area contributed by atoms with Crippen LogP contribution in [0, 0.1) is 11.3 Å². The van der Waals surface area contributed by atoms with E-state index in [4.69, 9.17) is 27.0 Å². The Balaban J connectivity index is 2.00. The average Bonchev–Trinajstić information content (AvgIpc) is 2.72. The predicted octanol–water partition coefficient (Wildman–Crippen LogP) is 3.79. The standard InChI is InChI=1S/C21H19BrN4O3S/c1-12-17(20(27)25-14-6-4-3-5-7-14)18(26-21(30)24-12)13-10-15(22)19(29-9-8-23)16(11-13)28-2/h3-7,10-11,18H,9H2,1-2H3,(H,25,27)(H2,24,26,30)/t18-/m0/s1. The van der Waals surface area contributed by atoms with Gasteiger partial charge in [0.25, 0.3) is 5.91 Å². The number of methoxy groups -OCH3 is 1. The molecule has 1 aliphatic heterocycles. The molecule has 0 aliphatic carbocycles. The summed E-state index contributed by atoms with van der Waals surface area (Å²) in [7, 11) is 1.51. The summed E-state index contributed by atoms with van der Waals surface area (Å²) in [5.41, 5.74) is 2.57. The molecule has 0 fully saturated rings. The zero-order valence-corrected chi connectivity index (χ0v) is 18.7. The van der Waals surface area contributed by atoms with E-state index in [0.29, 0.717) is 38.0 Å². The van der Waals surface area contributed by atoms with Crippen LogP contribution < -0.4 is 25.4 Å². The van der Waals surface area contributed by atoms with Crippen molar-refractivity contribution in [2.45, 2.75) is 13.0 Å². The summed E-state index contributed by atoms with van der Waals surface area (Å²) in [6, 6.07) is 14.2. The number of benzene rings is 2. The van der Waals surface area contributed by atoms with Crippen molar-refractivity contribution in [2.75, 3.05) is 19.0 Å². The smallest absolute Gasteiger partial charge is 0.255 e. The van der Waals surface area contributed by atoms with E-state index in [1.807, 2.05) is 42.5 Å². The molecule has 30 heavy (non-hydrogen) atoms. The zero-order valence-electron chi connectivity index (χ0n) is 16.3. The Morgan fingerprint density at radius 2 is 2.07 bits per heavy atom. The van der Waals surface area contributed by atoms with E-state index in [1.54, 1.807) is 13.0 Å². The summed E-state index contributed by atoms with van der Waals surface area (Å²) >= 11 is 8.78. The lowest BCUT2D eigenvalue weighted by atomic mass is 9.94. The third kappa shape index (κ3) is 4.72. The second kappa shape index (κ2) is 9.61. The third-order valence-electron chi connectivity index (χ3n) is 4.41. The minimum Gasteiger partial charge on any atom is -0.493 e. The van der Waals surface area contributed by atoms with Gasteiger partial charge in [0.15, 0.2) is 23.2 Å². The number of nitrogens with zero attached hydrogens (tertiary/aromatic N) is 1. The molecular weight excluding hydrogens is 468 g/mol. The molecule has 154 valence electrons. The van der Waals surface area contributed by atoms with E-state index in [9.17, 15) is 4.79 Å². The molecule has 0 radical (unpaired) electrons. The Morgan fingerprint density at radius 1 is 1.33 bits per heavy atom. The fraction of sp³-hybridized carbons (Fsp3) is 0.190. The fourth-order valence-corrected chi connectivity index (χ4v) is 3.96. The first kappa shape index (κ1) is 21.6. The molecule has 1 atom stereocenters. The lowest BCUT2D eigenvalue weighted by molar-refractivity contribution is -0.113. The Morgan fingerprint density at radius 3 is 2.73 bits per heavy atom. The van der Waals surface area contributed by atoms with Crippen LogP contribution in [0.15, 0.2) is 58.2 Å². The van der Waals surface area contributed by atoms with Crippen molar-refractivity contribution in [3.63, 3.8) is 0 Å². The van der Waals surface area contributed by atoms with Crippen LogP contribution in [0.3, 0.4) is 0 Å². The maximum absolute atomic E-state index is 13.1. The van der Waals surface area contributed by atoms with Gasteiger partial charge in [-0.3, -0.25) is 4.79 Å². The minimum atomic E-state index is -0.516. The van der Waals surface area contributed by atoms with Gasteiger partial charge in [0.2, 0.25) is 0 Å². The van der Waals surface area contributed by atoms with Gasteiger partial charge in [0, 0.05) is 11.4 Å². The molecule has 1 aliphatic rings. The van der Waals surface area contributed by atoms with E-state index >= 15 is 0 Å². The fourth-order valence-electron chi connectivity index (χ4n) is 3.12. The van der Waals surface area contributed by atoms with Crippen LogP contribution in [-0.2, 0) is 4.79 Å². The first-order valence-corrected chi connectivity index (χ1v) is 10.2. The molecule has 0 unspecified atom stereocenters. The Kier molecular flexibility index (Phi) is 6.92. The molecule has 0 saturated heterocycles. The number of rotatable bonds is 6. The van der Waals surface area contributed by atoms with Crippen molar-refractivity contribution in [2.24, 2.45) is 0 Å². The molecule has 0 aromatic heterocycles. The molecule has 0 saturated carbocycles. The maximum atomic E-state index is 13.1. The Labute approximate surface area is 188 Å². The summed E-state index contributed by atoms with van der Waals surface area (Å²) in [5, 5.41) is 18.3. The molecule has 0 spiro atoms. The van der Waals surface area contributed by atoms with Gasteiger partial charge in [-0.2, -0.15) is 5.26 Å². The zero-order chi connectivity index (χ0) is 21.7. The van der Waals surface area contributed by atoms with Crippen molar-refractivity contribution in [1.29, 1.82) is 5.26 Å². The number of carbonyl (C=O) groups excluding carboxylic acids is 1. The summed E-state index contributed by atoms with van der Waals surface area (Å²) in [6.45, 7) is 1.68. The van der Waals surface area contributed by atoms with Crippen LogP contribution in [0.25, 0.3) is 0 Å². The number of ether oxygens (including phenoxy) is 2. The van der Waals surface area contributed by atoms with Gasteiger partial charge < -0.3 is 25.4 Å². The van der Waals surface area contributed by atoms with E-state index in [2.05, 4.69) is 31.9 Å². The first-order valence-electron chi connectivity index (χ1n) is 8.96. The number of nitriles is 1. The number of halogens is 1. The normalized spacial score (nSPS) is 15.5. The highest BCUT2D eigenvalue weighted by molar-refractivity contribution is 9.10. The van der Waals surface area contributed by atoms with Crippen LogP contribution in [0.4, 0.5) is 5.69 Å². The SMILES string of the molecule is COc1cc([C@@H]2NC(=S)NC(C)=C2C(=O)Nc2ccccc2)cc(Br)c1OCC#N. The van der Waals surface area contributed by atoms with Crippen LogP contribution in [0.5, 0.6) is 11.5 Å². The molecule has 7 nitrogen and oxygen atoms in total. The maximum Gasteiger partial charge on any atom is 0.255 e. The van der Waals surface area contributed by atoms with Gasteiger partial charge >= 0.3 is 0 Å². The summed E-state index contributed by atoms with van der Waals surface area (Å²) in [6.07, 6.45) is 0. The number of hydrogen-bond donors (Lipinski definition) is 3. The van der Waals surface area contributed by atoms with E-state index in [1.165, 1.54) is 7.11 Å². The van der Waals surface area contributed by atoms with E-state index in [-0.39, 0.29) is 12.5 Å². The average molecular weight is 487 g/mol. The van der Waals surface area contributed by atoms with Crippen molar-refractivity contribution in [3.05, 3.63) is 63.8 Å². The van der Waals surface area contributed by atoms with Gasteiger partial charge in [-0.15, -0.1) is 0 Å². The molecule has 0 bridgehead atoms. The largest absolute Gasteiger partial charge is 0.493 e. The molecule has 2 aromatic rings. The molecule has 1 amide bonds. The van der Waals surface area contributed by atoms with Crippen LogP contribution in [0.1, 0.15) is 18.5 Å². The van der Waals surface area contributed by atoms with Crippen molar-refractivity contribution in [1.82, 2.24) is 10.6 Å². The van der Waals surface area contributed by atoms with Crippen LogP contribution in [-0.4, -0.2) is 24.7 Å². The Bertz CT molecular complexity index is 1050. The van der Waals surface area contributed by atoms with Gasteiger partial charge in [-0.05, 0) is 64.9 Å². The predicted molar refractivity (Wildman–Crippen MR) is 121 cm³/mol. The highest BCUT2D eigenvalue weighted by Gasteiger charge is 2.31. The highest BCUT2D eigenvalue weighted by atomic mass is 79.9. The molecule has 1 heterocycles. The molecule has 3 rings (SSSR count). The summed E-state index contributed by atoms with van der Waals surface area (Å²) < 4.78 is 11.5. The number of anilines is 1. The van der Waals surface area contributed by atoms with Crippen LogP contribution >= 0.6 is 28.1 Å². The highest BCUT2D eigenvalue weighted by Crippen LogP contribution is 2.40. The minimum absolute atomic E-state index is 0.117. The van der Waals surface area contributed by atoms with E-state index in [0.717, 1.165) is 5.56 Å². The molecule has 2 aromatic carbocycles. The number of thiocarbonyl (C=S) groups is 1. The topological polar surface area (TPSA) is 95.4 Å². The van der Waals surface area contributed by atoms with Gasteiger partial charge in [0.05, 0.1) is 23.2 Å². The summed E-state index contributed by atoms with van der Waals surface area (Å²) in [4.78, 5) is 13.1. The lowest BCUT2D eigenvalue weighted by Gasteiger charge is -2.31. The monoisotopic (exact) mass is 486 g/mol. The van der Waals surface area contributed by atoms with Crippen molar-refractivity contribution < 1.29 is 14.3 Å². The van der Waals surface area contributed by atoms with Gasteiger partial charge in [-0.25, -0.2) is 0 Å². The lowest BCUT2D eigenvalue weighted by Crippen LogP contribution is -2.45. The number of nitrogens with one attached hydrogen (secondary N) is 3. The molecule has 9 heteroatoms. The Hall–Kier alpha value is -3.09. The number of amides is 1. The van der Waals surface area contributed by atoms with E-state index < -0.39 is 6.04 Å². The second-order valence-electron chi connectivity index (χ2n) is 6.37. The third-order valence-corrected chi connectivity index (χ3v) is 5.22. The number of para-hydroxylation sites is 1.